The third kappa shape index (κ3) is 4.51. The van der Waals surface area contributed by atoms with E-state index >= 15 is 0 Å². The fraction of sp³-hybridized carbons (Fsp3) is 0.647. The van der Waals surface area contributed by atoms with Crippen molar-refractivity contribution < 1.29 is 54.1 Å². The largest absolute Gasteiger partial charge is 0.481 e. The first kappa shape index (κ1) is 22.3. The maximum atomic E-state index is 11.9. The van der Waals surface area contributed by atoms with Crippen LogP contribution in [0, 0.1) is 11.8 Å². The lowest BCUT2D eigenvalue weighted by Crippen LogP contribution is -2.60. The molecule has 2 aliphatic rings. The second kappa shape index (κ2) is 9.45. The number of aliphatic carboxylic acids is 1. The Labute approximate surface area is 160 Å². The van der Waals surface area contributed by atoms with Crippen LogP contribution >= 0.6 is 0 Å². The number of hydrogen-bond acceptors (Lipinski definition) is 10. The van der Waals surface area contributed by atoms with Crippen LogP contribution in [-0.4, -0.2) is 88.2 Å². The van der Waals surface area contributed by atoms with E-state index in [1.54, 1.807) is 0 Å². The van der Waals surface area contributed by atoms with Crippen molar-refractivity contribution in [2.24, 2.45) is 11.8 Å². The van der Waals surface area contributed by atoms with Gasteiger partial charge in [-0.15, -0.1) is 6.58 Å². The summed E-state index contributed by atoms with van der Waals surface area (Å²) in [6.07, 6.45) is -6.91. The van der Waals surface area contributed by atoms with Crippen molar-refractivity contribution in [3.8, 4) is 0 Å². The molecule has 2 rings (SSSR count). The third-order valence-corrected chi connectivity index (χ3v) is 4.71. The standard InChI is InChI=1S/C17H24O11/c1-3-7-8(4-11(19)20)9(15(24)25-2)6-26-16(7)28-17-14(23)13(22)12(21)10(5-18)27-17/h3,6-8,10,12-14,16-18,21-23H,1,4-5H2,2H3,(H,19,20)/t7-,8+,10+,12+,13-,14+,16-,17-/m0/s1. The molecule has 0 aromatic carbocycles. The Morgan fingerprint density at radius 1 is 1.21 bits per heavy atom. The minimum atomic E-state index is -1.67. The molecule has 0 spiro atoms. The molecule has 8 atom stereocenters. The number of hydrogen-bond donors (Lipinski definition) is 5. The number of methoxy groups -OCH3 is 1. The molecule has 11 nitrogen and oxygen atoms in total. The van der Waals surface area contributed by atoms with Gasteiger partial charge in [-0.2, -0.15) is 0 Å². The van der Waals surface area contributed by atoms with Crippen molar-refractivity contribution >= 4 is 11.9 Å². The van der Waals surface area contributed by atoms with Crippen LogP contribution in [0.5, 0.6) is 0 Å². The second-order valence-corrected chi connectivity index (χ2v) is 6.42. The van der Waals surface area contributed by atoms with E-state index in [4.69, 9.17) is 14.2 Å². The van der Waals surface area contributed by atoms with Gasteiger partial charge in [-0.3, -0.25) is 4.79 Å². The molecule has 0 aliphatic carbocycles. The van der Waals surface area contributed by atoms with Crippen molar-refractivity contribution in [1.82, 2.24) is 0 Å². The van der Waals surface area contributed by atoms with E-state index < -0.39 is 73.8 Å². The number of carbonyl (C=O) groups excluding carboxylic acids is 1. The van der Waals surface area contributed by atoms with Gasteiger partial charge in [0, 0.05) is 11.8 Å². The van der Waals surface area contributed by atoms with Crippen molar-refractivity contribution in [3.05, 3.63) is 24.5 Å². The Bertz CT molecular complexity index is 616. The fourth-order valence-corrected chi connectivity index (χ4v) is 3.18. The number of aliphatic hydroxyl groups is 4. The molecule has 1 saturated heterocycles. The lowest BCUT2D eigenvalue weighted by molar-refractivity contribution is -0.339. The first-order chi connectivity index (χ1) is 13.2. The van der Waals surface area contributed by atoms with Crippen molar-refractivity contribution in [2.75, 3.05) is 13.7 Å². The summed E-state index contributed by atoms with van der Waals surface area (Å²) in [6, 6.07) is 0. The molecule has 2 aliphatic heterocycles. The molecule has 1 fully saturated rings. The maximum absolute atomic E-state index is 11.9. The zero-order valence-electron chi connectivity index (χ0n) is 15.1. The number of esters is 1. The van der Waals surface area contributed by atoms with Crippen LogP contribution in [0.15, 0.2) is 24.5 Å². The van der Waals surface area contributed by atoms with E-state index in [0.29, 0.717) is 0 Å². The summed E-state index contributed by atoms with van der Waals surface area (Å²) in [5.41, 5.74) is -0.0246. The number of ether oxygens (including phenoxy) is 4. The Balaban J connectivity index is 2.24. The van der Waals surface area contributed by atoms with Gasteiger partial charge in [0.15, 0.2) is 6.29 Å². The Kier molecular flexibility index (Phi) is 7.52. The summed E-state index contributed by atoms with van der Waals surface area (Å²) in [7, 11) is 1.14. The molecule has 5 N–H and O–H groups in total. The van der Waals surface area contributed by atoms with E-state index in [9.17, 15) is 35.1 Å². The van der Waals surface area contributed by atoms with Gasteiger partial charge in [-0.05, 0) is 0 Å². The highest BCUT2D eigenvalue weighted by molar-refractivity contribution is 5.89. The highest BCUT2D eigenvalue weighted by Crippen LogP contribution is 2.36. The number of carbonyl (C=O) groups is 2. The Morgan fingerprint density at radius 2 is 1.89 bits per heavy atom. The highest BCUT2D eigenvalue weighted by atomic mass is 16.8. The number of rotatable bonds is 7. The molecule has 11 heteroatoms. The monoisotopic (exact) mass is 404 g/mol. The average Bonchev–Trinajstić information content (AvgIpc) is 2.67. The zero-order valence-corrected chi connectivity index (χ0v) is 15.1. The number of aliphatic hydroxyl groups excluding tert-OH is 4. The van der Waals surface area contributed by atoms with Crippen LogP contribution in [0.2, 0.25) is 0 Å². The van der Waals surface area contributed by atoms with Crippen molar-refractivity contribution in [3.63, 3.8) is 0 Å². The molecule has 158 valence electrons. The van der Waals surface area contributed by atoms with E-state index in [1.807, 2.05) is 0 Å². The molecule has 0 unspecified atom stereocenters. The van der Waals surface area contributed by atoms with Gasteiger partial charge >= 0.3 is 11.9 Å². The first-order valence-electron chi connectivity index (χ1n) is 8.49. The SMILES string of the molecule is C=C[C@@H]1[C@H](O[C@@H]2O[C@H](CO)[C@@H](O)[C@H](O)[C@H]2O)OC=C(C(=O)OC)[C@@H]1CC(=O)O. The normalized spacial score (nSPS) is 38.1. The van der Waals surface area contributed by atoms with E-state index in [2.05, 4.69) is 11.3 Å². The van der Waals surface area contributed by atoms with Gasteiger partial charge in [0.1, 0.15) is 24.4 Å². The fourth-order valence-electron chi connectivity index (χ4n) is 3.18. The topological polar surface area (TPSA) is 172 Å². The molecule has 0 amide bonds. The Hall–Kier alpha value is -2.02. The van der Waals surface area contributed by atoms with Gasteiger partial charge in [0.05, 0.1) is 32.0 Å². The zero-order chi connectivity index (χ0) is 21.0. The lowest BCUT2D eigenvalue weighted by atomic mass is 9.81. The van der Waals surface area contributed by atoms with Crippen LogP contribution in [0.3, 0.4) is 0 Å². The average molecular weight is 404 g/mol. The van der Waals surface area contributed by atoms with Gasteiger partial charge in [-0.1, -0.05) is 6.08 Å². The first-order valence-corrected chi connectivity index (χ1v) is 8.49. The van der Waals surface area contributed by atoms with E-state index in [1.165, 1.54) is 6.08 Å². The van der Waals surface area contributed by atoms with Crippen LogP contribution in [-0.2, 0) is 28.5 Å². The highest BCUT2D eigenvalue weighted by Gasteiger charge is 2.47. The summed E-state index contributed by atoms with van der Waals surface area (Å²) in [5, 5.41) is 48.2. The third-order valence-electron chi connectivity index (χ3n) is 4.71. The quantitative estimate of drug-likeness (QED) is 0.237. The maximum Gasteiger partial charge on any atom is 0.337 e. The summed E-state index contributed by atoms with van der Waals surface area (Å²) in [5.74, 6) is -3.70. The van der Waals surface area contributed by atoms with Crippen molar-refractivity contribution in [1.29, 1.82) is 0 Å². The molecule has 0 aromatic rings. The molecule has 28 heavy (non-hydrogen) atoms. The van der Waals surface area contributed by atoms with Crippen molar-refractivity contribution in [2.45, 2.75) is 43.4 Å². The molecule has 2 heterocycles. The summed E-state index contributed by atoms with van der Waals surface area (Å²) >= 11 is 0. The van der Waals surface area contributed by atoms with Gasteiger partial charge in [0.25, 0.3) is 0 Å². The smallest absolute Gasteiger partial charge is 0.337 e. The van der Waals surface area contributed by atoms with Gasteiger partial charge in [-0.25, -0.2) is 4.79 Å². The number of carboxylic acid groups (broad SMARTS) is 1. The summed E-state index contributed by atoms with van der Waals surface area (Å²) in [4.78, 5) is 23.2. The van der Waals surface area contributed by atoms with Crippen LogP contribution in [0.25, 0.3) is 0 Å². The molecule has 0 radical (unpaired) electrons. The lowest BCUT2D eigenvalue weighted by Gasteiger charge is -2.42. The van der Waals surface area contributed by atoms with Crippen LogP contribution < -0.4 is 0 Å². The Morgan fingerprint density at radius 3 is 2.43 bits per heavy atom. The molecule has 0 aromatic heterocycles. The molecule has 0 bridgehead atoms. The molecular weight excluding hydrogens is 380 g/mol. The predicted octanol–water partition coefficient (Wildman–Crippen LogP) is -1.89. The summed E-state index contributed by atoms with van der Waals surface area (Å²) in [6.45, 7) is 2.97. The van der Waals surface area contributed by atoms with Gasteiger partial charge < -0.3 is 44.5 Å². The van der Waals surface area contributed by atoms with E-state index in [-0.39, 0.29) is 5.57 Å². The second-order valence-electron chi connectivity index (χ2n) is 6.42. The van der Waals surface area contributed by atoms with Crippen LogP contribution in [0.1, 0.15) is 6.42 Å². The predicted molar refractivity (Wildman–Crippen MR) is 89.3 cm³/mol. The summed E-state index contributed by atoms with van der Waals surface area (Å²) < 4.78 is 20.8. The minimum absolute atomic E-state index is 0.0246. The molecule has 0 saturated carbocycles. The van der Waals surface area contributed by atoms with Crippen LogP contribution in [0.4, 0.5) is 0 Å². The molecular formula is C17H24O11. The van der Waals surface area contributed by atoms with Gasteiger partial charge in [0.2, 0.25) is 6.29 Å². The number of carboxylic acids is 1. The van der Waals surface area contributed by atoms with E-state index in [0.717, 1.165) is 13.4 Å². The minimum Gasteiger partial charge on any atom is -0.481 e.